The highest BCUT2D eigenvalue weighted by Gasteiger charge is 2.29. The molecule has 2 heteroatoms. The Labute approximate surface area is 133 Å². The fourth-order valence-electron chi connectivity index (χ4n) is 3.49. The molecule has 1 heterocycles. The minimum atomic E-state index is 0.328. The number of hydrogen-bond donors (Lipinski definition) is 0. The molecular formula is C20H22N2. The summed E-state index contributed by atoms with van der Waals surface area (Å²) in [6, 6.07) is 24.1. The molecule has 2 aromatic rings. The zero-order valence-corrected chi connectivity index (χ0v) is 12.9. The van der Waals surface area contributed by atoms with Crippen molar-refractivity contribution in [3.63, 3.8) is 0 Å². The lowest BCUT2D eigenvalue weighted by Gasteiger charge is -2.29. The van der Waals surface area contributed by atoms with Crippen molar-refractivity contribution in [3.8, 4) is 6.07 Å². The van der Waals surface area contributed by atoms with Crippen LogP contribution in [0.1, 0.15) is 36.4 Å². The van der Waals surface area contributed by atoms with Gasteiger partial charge in [0.05, 0.1) is 12.1 Å². The summed E-state index contributed by atoms with van der Waals surface area (Å²) in [5.74, 6) is 0.662. The van der Waals surface area contributed by atoms with Crippen LogP contribution in [0, 0.1) is 17.2 Å². The Morgan fingerprint density at radius 1 is 1.00 bits per heavy atom. The molecule has 2 nitrogen and oxygen atoms in total. The molecule has 0 spiro atoms. The van der Waals surface area contributed by atoms with Crippen LogP contribution in [0.4, 0.5) is 0 Å². The highest BCUT2D eigenvalue weighted by molar-refractivity contribution is 5.32. The highest BCUT2D eigenvalue weighted by atomic mass is 15.2. The third-order valence-electron chi connectivity index (χ3n) is 4.58. The standard InChI is InChI=1S/C20H22N2/c21-14-7-8-17-13-15-22(16-17)20(18-9-3-1-4-10-18)19-11-5-2-6-12-19/h1-6,9-12,17,20H,7-8,13,15-16H2. The maximum Gasteiger partial charge on any atom is 0.0621 e. The summed E-state index contributed by atoms with van der Waals surface area (Å²) in [6.45, 7) is 2.21. The molecule has 0 aromatic heterocycles. The number of benzene rings is 2. The summed E-state index contributed by atoms with van der Waals surface area (Å²) in [5.41, 5.74) is 2.71. The van der Waals surface area contributed by atoms with E-state index in [1.807, 2.05) is 0 Å². The largest absolute Gasteiger partial charge is 0.292 e. The quantitative estimate of drug-likeness (QED) is 0.816. The average molecular weight is 290 g/mol. The normalized spacial score (nSPS) is 18.5. The van der Waals surface area contributed by atoms with Gasteiger partial charge in [-0.2, -0.15) is 5.26 Å². The molecule has 1 atom stereocenters. The molecular weight excluding hydrogens is 268 g/mol. The van der Waals surface area contributed by atoms with Crippen LogP contribution < -0.4 is 0 Å². The molecule has 1 saturated heterocycles. The molecule has 1 aliphatic rings. The third-order valence-corrected chi connectivity index (χ3v) is 4.58. The fourth-order valence-corrected chi connectivity index (χ4v) is 3.49. The van der Waals surface area contributed by atoms with Crippen molar-refractivity contribution >= 4 is 0 Å². The SMILES string of the molecule is N#CCCC1CCN(C(c2ccccc2)c2ccccc2)C1. The lowest BCUT2D eigenvalue weighted by atomic mass is 9.97. The first kappa shape index (κ1) is 14.8. The van der Waals surface area contributed by atoms with Crippen molar-refractivity contribution in [1.82, 2.24) is 4.90 Å². The van der Waals surface area contributed by atoms with Crippen LogP contribution in [0.15, 0.2) is 60.7 Å². The van der Waals surface area contributed by atoms with E-state index in [9.17, 15) is 0 Å². The van der Waals surface area contributed by atoms with Gasteiger partial charge in [0.1, 0.15) is 0 Å². The Kier molecular flexibility index (Phi) is 4.88. The van der Waals surface area contributed by atoms with Crippen LogP contribution in [0.25, 0.3) is 0 Å². The predicted octanol–water partition coefficient (Wildman–Crippen LogP) is 4.40. The molecule has 1 unspecified atom stereocenters. The Morgan fingerprint density at radius 2 is 1.59 bits per heavy atom. The zero-order valence-electron chi connectivity index (χ0n) is 12.9. The first-order chi connectivity index (χ1) is 10.9. The Bertz CT molecular complexity index is 576. The van der Waals surface area contributed by atoms with Gasteiger partial charge in [0.2, 0.25) is 0 Å². The maximum absolute atomic E-state index is 8.79. The zero-order chi connectivity index (χ0) is 15.2. The first-order valence-electron chi connectivity index (χ1n) is 8.09. The van der Waals surface area contributed by atoms with Crippen molar-refractivity contribution in [3.05, 3.63) is 71.8 Å². The van der Waals surface area contributed by atoms with Crippen LogP contribution in [0.3, 0.4) is 0 Å². The van der Waals surface area contributed by atoms with Gasteiger partial charge >= 0.3 is 0 Å². The van der Waals surface area contributed by atoms with E-state index in [0.717, 1.165) is 19.5 Å². The second-order valence-electron chi connectivity index (χ2n) is 6.07. The minimum Gasteiger partial charge on any atom is -0.292 e. The maximum atomic E-state index is 8.79. The van der Waals surface area contributed by atoms with Crippen molar-refractivity contribution in [2.24, 2.45) is 5.92 Å². The lowest BCUT2D eigenvalue weighted by molar-refractivity contribution is 0.268. The molecule has 0 aliphatic carbocycles. The Balaban J connectivity index is 1.83. The van der Waals surface area contributed by atoms with E-state index < -0.39 is 0 Å². The van der Waals surface area contributed by atoms with Crippen LogP contribution in [-0.4, -0.2) is 18.0 Å². The van der Waals surface area contributed by atoms with E-state index in [1.165, 1.54) is 17.5 Å². The van der Waals surface area contributed by atoms with E-state index >= 15 is 0 Å². The minimum absolute atomic E-state index is 0.328. The van der Waals surface area contributed by atoms with Crippen LogP contribution in [0.2, 0.25) is 0 Å². The van der Waals surface area contributed by atoms with E-state index in [2.05, 4.69) is 71.6 Å². The summed E-state index contributed by atoms with van der Waals surface area (Å²) in [4.78, 5) is 2.58. The van der Waals surface area contributed by atoms with Gasteiger partial charge < -0.3 is 0 Å². The number of nitrogens with zero attached hydrogens (tertiary/aromatic N) is 2. The van der Waals surface area contributed by atoms with Crippen molar-refractivity contribution in [2.45, 2.75) is 25.3 Å². The molecule has 3 rings (SSSR count). The highest BCUT2D eigenvalue weighted by Crippen LogP contribution is 2.34. The van der Waals surface area contributed by atoms with Gasteiger partial charge in [0.15, 0.2) is 0 Å². The van der Waals surface area contributed by atoms with Gasteiger partial charge in [-0.1, -0.05) is 60.7 Å². The second kappa shape index (κ2) is 7.24. The lowest BCUT2D eigenvalue weighted by Crippen LogP contribution is -2.27. The number of nitriles is 1. The number of rotatable bonds is 5. The molecule has 0 bridgehead atoms. The molecule has 0 radical (unpaired) electrons. The molecule has 0 N–H and O–H groups in total. The smallest absolute Gasteiger partial charge is 0.0621 e. The molecule has 0 saturated carbocycles. The van der Waals surface area contributed by atoms with Crippen molar-refractivity contribution < 1.29 is 0 Å². The average Bonchev–Trinajstić information content (AvgIpc) is 3.04. The third kappa shape index (κ3) is 3.37. The van der Waals surface area contributed by atoms with Gasteiger partial charge in [-0.25, -0.2) is 0 Å². The summed E-state index contributed by atoms with van der Waals surface area (Å²) in [7, 11) is 0. The predicted molar refractivity (Wildman–Crippen MR) is 89.3 cm³/mol. The molecule has 22 heavy (non-hydrogen) atoms. The van der Waals surface area contributed by atoms with Crippen LogP contribution in [0.5, 0.6) is 0 Å². The number of hydrogen-bond acceptors (Lipinski definition) is 2. The fraction of sp³-hybridized carbons (Fsp3) is 0.350. The number of likely N-dealkylation sites (tertiary alicyclic amines) is 1. The van der Waals surface area contributed by atoms with Crippen LogP contribution in [-0.2, 0) is 0 Å². The van der Waals surface area contributed by atoms with E-state index in [1.54, 1.807) is 0 Å². The van der Waals surface area contributed by atoms with Gasteiger partial charge in [-0.05, 0) is 36.4 Å². The van der Waals surface area contributed by atoms with Gasteiger partial charge in [0, 0.05) is 13.0 Å². The Morgan fingerprint density at radius 3 is 2.14 bits per heavy atom. The van der Waals surface area contributed by atoms with Gasteiger partial charge in [-0.3, -0.25) is 4.90 Å². The summed E-state index contributed by atoms with van der Waals surface area (Å²) in [6.07, 6.45) is 2.92. The first-order valence-corrected chi connectivity index (χ1v) is 8.09. The topological polar surface area (TPSA) is 27.0 Å². The molecule has 2 aromatic carbocycles. The molecule has 0 amide bonds. The van der Waals surface area contributed by atoms with E-state index in [0.29, 0.717) is 18.4 Å². The summed E-state index contributed by atoms with van der Waals surface area (Å²) in [5, 5.41) is 8.79. The monoisotopic (exact) mass is 290 g/mol. The summed E-state index contributed by atoms with van der Waals surface area (Å²) >= 11 is 0. The molecule has 1 fully saturated rings. The van der Waals surface area contributed by atoms with Crippen molar-refractivity contribution in [1.29, 1.82) is 5.26 Å². The van der Waals surface area contributed by atoms with Gasteiger partial charge in [-0.15, -0.1) is 0 Å². The summed E-state index contributed by atoms with van der Waals surface area (Å²) < 4.78 is 0. The van der Waals surface area contributed by atoms with E-state index in [-0.39, 0.29) is 0 Å². The van der Waals surface area contributed by atoms with Crippen LogP contribution >= 0.6 is 0 Å². The Hall–Kier alpha value is -2.11. The van der Waals surface area contributed by atoms with Gasteiger partial charge in [0.25, 0.3) is 0 Å². The second-order valence-corrected chi connectivity index (χ2v) is 6.07. The van der Waals surface area contributed by atoms with E-state index in [4.69, 9.17) is 5.26 Å². The molecule has 112 valence electrons. The van der Waals surface area contributed by atoms with Crippen molar-refractivity contribution in [2.75, 3.05) is 13.1 Å². The molecule has 1 aliphatic heterocycles.